The Morgan fingerprint density at radius 2 is 1.89 bits per heavy atom. The van der Waals surface area contributed by atoms with Crippen molar-refractivity contribution >= 4 is 0 Å². The fourth-order valence-corrected chi connectivity index (χ4v) is 3.94. The molecule has 0 spiro atoms. The van der Waals surface area contributed by atoms with Crippen molar-refractivity contribution in [2.45, 2.75) is 76.4 Å². The second-order valence-electron chi connectivity index (χ2n) is 8.63. The van der Waals surface area contributed by atoms with Crippen molar-refractivity contribution in [3.05, 3.63) is 29.6 Å². The molecule has 1 aromatic rings. The summed E-state index contributed by atoms with van der Waals surface area (Å²) in [6.45, 7) is 7.08. The summed E-state index contributed by atoms with van der Waals surface area (Å²) in [6.07, 6.45) is 2.81. The zero-order valence-electron chi connectivity index (χ0n) is 17.1. The van der Waals surface area contributed by atoms with Gasteiger partial charge in [-0.2, -0.15) is 0 Å². The van der Waals surface area contributed by atoms with E-state index in [1.54, 1.807) is 0 Å². The Morgan fingerprint density at radius 1 is 1.18 bits per heavy atom. The van der Waals surface area contributed by atoms with Crippen LogP contribution in [0.4, 0.5) is 8.78 Å². The molecule has 2 heterocycles. The van der Waals surface area contributed by atoms with Crippen LogP contribution < -0.4 is 5.32 Å². The highest BCUT2D eigenvalue weighted by Gasteiger charge is 2.35. The molecule has 1 atom stereocenters. The minimum absolute atomic E-state index is 0.0281. The fourth-order valence-electron chi connectivity index (χ4n) is 3.94. The lowest BCUT2D eigenvalue weighted by atomic mass is 9.92. The van der Waals surface area contributed by atoms with Crippen LogP contribution in [0.5, 0.6) is 0 Å². The molecule has 0 bridgehead atoms. The highest BCUT2D eigenvalue weighted by atomic mass is 19.3. The zero-order valence-corrected chi connectivity index (χ0v) is 17.1. The number of hydrogen-bond acceptors (Lipinski definition) is 4. The Hall–Kier alpha value is -1.11. The number of aromatic nitrogens is 1. The van der Waals surface area contributed by atoms with Crippen LogP contribution in [0.15, 0.2) is 18.2 Å². The second-order valence-corrected chi connectivity index (χ2v) is 8.63. The van der Waals surface area contributed by atoms with E-state index in [9.17, 15) is 8.78 Å². The normalized spacial score (nSPS) is 22.5. The maximum atomic E-state index is 13.4. The minimum Gasteiger partial charge on any atom is -0.381 e. The van der Waals surface area contributed by atoms with E-state index in [1.165, 1.54) is 0 Å². The predicted molar refractivity (Wildman–Crippen MR) is 106 cm³/mol. The SMILES string of the molecule is CC(C)COC(CNC1CCC(F)(F)CC1)c1cccc(C2CCOCC2)n1. The van der Waals surface area contributed by atoms with E-state index in [0.717, 1.165) is 37.4 Å². The molecule has 1 aromatic heterocycles. The smallest absolute Gasteiger partial charge is 0.248 e. The summed E-state index contributed by atoms with van der Waals surface area (Å²) in [5, 5.41) is 3.46. The molecular weight excluding hydrogens is 362 g/mol. The zero-order chi connectivity index (χ0) is 20.0. The molecular formula is C22H34F2N2O2. The van der Waals surface area contributed by atoms with Gasteiger partial charge in [-0.25, -0.2) is 8.78 Å². The van der Waals surface area contributed by atoms with Gasteiger partial charge in [0.2, 0.25) is 5.92 Å². The van der Waals surface area contributed by atoms with Gasteiger partial charge in [-0.05, 0) is 43.7 Å². The van der Waals surface area contributed by atoms with Crippen molar-refractivity contribution in [1.82, 2.24) is 10.3 Å². The van der Waals surface area contributed by atoms with Gasteiger partial charge in [0.1, 0.15) is 6.10 Å². The molecule has 3 rings (SSSR count). The third-order valence-corrected chi connectivity index (χ3v) is 5.70. The lowest BCUT2D eigenvalue weighted by molar-refractivity contribution is -0.0422. The molecule has 2 aliphatic rings. The summed E-state index contributed by atoms with van der Waals surface area (Å²) in [4.78, 5) is 4.92. The first-order valence-corrected chi connectivity index (χ1v) is 10.7. The monoisotopic (exact) mass is 396 g/mol. The van der Waals surface area contributed by atoms with Crippen LogP contribution in [0.3, 0.4) is 0 Å². The third-order valence-electron chi connectivity index (χ3n) is 5.70. The number of ether oxygens (including phenoxy) is 2. The van der Waals surface area contributed by atoms with Gasteiger partial charge in [0.15, 0.2) is 0 Å². The Balaban J connectivity index is 1.63. The van der Waals surface area contributed by atoms with Gasteiger partial charge in [-0.3, -0.25) is 4.98 Å². The molecule has 6 heteroatoms. The molecule has 2 fully saturated rings. The Bertz CT molecular complexity index is 596. The van der Waals surface area contributed by atoms with E-state index in [4.69, 9.17) is 14.5 Å². The fraction of sp³-hybridized carbons (Fsp3) is 0.773. The number of nitrogens with zero attached hydrogens (tertiary/aromatic N) is 1. The van der Waals surface area contributed by atoms with Crippen molar-refractivity contribution < 1.29 is 18.3 Å². The molecule has 0 amide bonds. The van der Waals surface area contributed by atoms with Crippen LogP contribution in [0.1, 0.15) is 75.8 Å². The summed E-state index contributed by atoms with van der Waals surface area (Å²) >= 11 is 0. The number of pyridine rings is 1. The molecule has 158 valence electrons. The van der Waals surface area contributed by atoms with Gasteiger partial charge < -0.3 is 14.8 Å². The highest BCUT2D eigenvalue weighted by Crippen LogP contribution is 2.33. The number of alkyl halides is 2. The minimum atomic E-state index is -2.49. The van der Waals surface area contributed by atoms with E-state index in [2.05, 4.69) is 31.3 Å². The van der Waals surface area contributed by atoms with Gasteiger partial charge in [0.05, 0.1) is 5.69 Å². The first-order valence-electron chi connectivity index (χ1n) is 10.7. The van der Waals surface area contributed by atoms with E-state index in [0.29, 0.717) is 37.8 Å². The van der Waals surface area contributed by atoms with Crippen molar-refractivity contribution in [3.8, 4) is 0 Å². The first-order chi connectivity index (χ1) is 13.4. The van der Waals surface area contributed by atoms with Gasteiger partial charge in [-0.1, -0.05) is 19.9 Å². The molecule has 1 N–H and O–H groups in total. The standard InChI is InChI=1S/C22H34F2N2O2/c1-16(2)15-28-21(14-25-18-6-10-22(23,24)11-7-18)20-5-3-4-19(26-20)17-8-12-27-13-9-17/h3-5,16-18,21,25H,6-15H2,1-2H3. The van der Waals surface area contributed by atoms with Crippen molar-refractivity contribution in [2.24, 2.45) is 5.92 Å². The van der Waals surface area contributed by atoms with Gasteiger partial charge in [0.25, 0.3) is 0 Å². The molecule has 1 saturated carbocycles. The van der Waals surface area contributed by atoms with Crippen LogP contribution in [0, 0.1) is 5.92 Å². The Morgan fingerprint density at radius 3 is 2.57 bits per heavy atom. The van der Waals surface area contributed by atoms with Crippen LogP contribution >= 0.6 is 0 Å². The summed E-state index contributed by atoms with van der Waals surface area (Å²) in [5.74, 6) is -1.63. The lowest BCUT2D eigenvalue weighted by Crippen LogP contribution is -2.39. The maximum Gasteiger partial charge on any atom is 0.248 e. The Kier molecular flexibility index (Phi) is 7.77. The van der Waals surface area contributed by atoms with E-state index < -0.39 is 5.92 Å². The molecule has 1 saturated heterocycles. The number of hydrogen-bond donors (Lipinski definition) is 1. The highest BCUT2D eigenvalue weighted by molar-refractivity contribution is 5.17. The molecule has 0 radical (unpaired) electrons. The summed E-state index contributed by atoms with van der Waals surface area (Å²) in [6, 6.07) is 6.30. The quantitative estimate of drug-likeness (QED) is 0.682. The summed E-state index contributed by atoms with van der Waals surface area (Å²) < 4.78 is 38.4. The first kappa shape index (κ1) is 21.6. The van der Waals surface area contributed by atoms with E-state index >= 15 is 0 Å². The molecule has 1 aliphatic heterocycles. The van der Waals surface area contributed by atoms with Crippen molar-refractivity contribution in [2.75, 3.05) is 26.4 Å². The van der Waals surface area contributed by atoms with Gasteiger partial charge in [0, 0.05) is 56.9 Å². The van der Waals surface area contributed by atoms with Crippen LogP contribution in [0.2, 0.25) is 0 Å². The number of nitrogens with one attached hydrogen (secondary N) is 1. The van der Waals surface area contributed by atoms with Crippen molar-refractivity contribution in [3.63, 3.8) is 0 Å². The van der Waals surface area contributed by atoms with E-state index in [1.807, 2.05) is 6.07 Å². The third kappa shape index (κ3) is 6.46. The van der Waals surface area contributed by atoms with Gasteiger partial charge >= 0.3 is 0 Å². The predicted octanol–water partition coefficient (Wildman–Crippen LogP) is 4.86. The molecule has 28 heavy (non-hydrogen) atoms. The molecule has 1 unspecified atom stereocenters. The number of halogens is 2. The Labute approximate surface area is 167 Å². The lowest BCUT2D eigenvalue weighted by Gasteiger charge is -2.30. The number of rotatable bonds is 8. The topological polar surface area (TPSA) is 43.4 Å². The average Bonchev–Trinajstić information content (AvgIpc) is 2.69. The molecule has 1 aliphatic carbocycles. The second kappa shape index (κ2) is 10.1. The molecule has 4 nitrogen and oxygen atoms in total. The van der Waals surface area contributed by atoms with E-state index in [-0.39, 0.29) is 25.0 Å². The summed E-state index contributed by atoms with van der Waals surface area (Å²) in [5.41, 5.74) is 2.04. The summed E-state index contributed by atoms with van der Waals surface area (Å²) in [7, 11) is 0. The van der Waals surface area contributed by atoms with Crippen LogP contribution in [-0.2, 0) is 9.47 Å². The van der Waals surface area contributed by atoms with Gasteiger partial charge in [-0.15, -0.1) is 0 Å². The maximum absolute atomic E-state index is 13.4. The van der Waals surface area contributed by atoms with Crippen LogP contribution in [-0.4, -0.2) is 43.3 Å². The molecule has 0 aromatic carbocycles. The van der Waals surface area contributed by atoms with Crippen molar-refractivity contribution in [1.29, 1.82) is 0 Å². The largest absolute Gasteiger partial charge is 0.381 e. The van der Waals surface area contributed by atoms with Crippen LogP contribution in [0.25, 0.3) is 0 Å². The average molecular weight is 397 g/mol.